The van der Waals surface area contributed by atoms with Gasteiger partial charge in [0.1, 0.15) is 0 Å². The maximum atomic E-state index is 12.1. The Labute approximate surface area is 115 Å². The summed E-state index contributed by atoms with van der Waals surface area (Å²) >= 11 is 0. The van der Waals surface area contributed by atoms with Gasteiger partial charge in [-0.05, 0) is 31.2 Å². The lowest BCUT2D eigenvalue weighted by molar-refractivity contribution is 0.0950. The molecule has 20 heavy (non-hydrogen) atoms. The van der Waals surface area contributed by atoms with Gasteiger partial charge in [-0.15, -0.1) is 0 Å². The Morgan fingerprint density at radius 1 is 1.40 bits per heavy atom. The summed E-state index contributed by atoms with van der Waals surface area (Å²) < 4.78 is 1.77. The molecule has 2 N–H and O–H groups in total. The van der Waals surface area contributed by atoms with E-state index in [1.54, 1.807) is 16.9 Å². The first kappa shape index (κ1) is 12.4. The topological polar surface area (TPSA) is 75.6 Å². The molecule has 6 heteroatoms. The number of carbonyl (C=O) groups excluding carboxylic acids is 1. The Hall–Kier alpha value is -2.63. The molecule has 3 aromatic rings. The number of rotatable bonds is 3. The van der Waals surface area contributed by atoms with Gasteiger partial charge in [0.2, 0.25) is 0 Å². The molecule has 0 aliphatic carbocycles. The number of hydrogen-bond donors (Lipinski definition) is 2. The van der Waals surface area contributed by atoms with Gasteiger partial charge in [0.15, 0.2) is 0 Å². The predicted molar refractivity (Wildman–Crippen MR) is 75.2 cm³/mol. The summed E-state index contributed by atoms with van der Waals surface area (Å²) in [6.07, 6.45) is 1.70. The van der Waals surface area contributed by atoms with E-state index in [9.17, 15) is 4.79 Å². The van der Waals surface area contributed by atoms with Crippen molar-refractivity contribution in [2.45, 2.75) is 13.5 Å². The third-order valence-electron chi connectivity index (χ3n) is 3.23. The van der Waals surface area contributed by atoms with E-state index in [4.69, 9.17) is 0 Å². The Balaban J connectivity index is 1.74. The second-order valence-electron chi connectivity index (χ2n) is 4.76. The number of aryl methyl sites for hydroxylation is 2. The molecule has 0 aliphatic rings. The molecule has 2 aromatic heterocycles. The van der Waals surface area contributed by atoms with Crippen molar-refractivity contribution >= 4 is 16.8 Å². The third-order valence-corrected chi connectivity index (χ3v) is 3.23. The van der Waals surface area contributed by atoms with Gasteiger partial charge >= 0.3 is 0 Å². The van der Waals surface area contributed by atoms with Crippen LogP contribution in [-0.4, -0.2) is 25.9 Å². The van der Waals surface area contributed by atoms with Crippen molar-refractivity contribution in [3.8, 4) is 0 Å². The van der Waals surface area contributed by atoms with Crippen LogP contribution in [0, 0.1) is 6.92 Å². The van der Waals surface area contributed by atoms with Crippen LogP contribution in [0.5, 0.6) is 0 Å². The van der Waals surface area contributed by atoms with E-state index in [2.05, 4.69) is 20.6 Å². The summed E-state index contributed by atoms with van der Waals surface area (Å²) in [6, 6.07) is 7.41. The highest BCUT2D eigenvalue weighted by Crippen LogP contribution is 2.13. The Morgan fingerprint density at radius 3 is 3.00 bits per heavy atom. The van der Waals surface area contributed by atoms with E-state index < -0.39 is 0 Å². The summed E-state index contributed by atoms with van der Waals surface area (Å²) in [7, 11) is 1.87. The minimum Gasteiger partial charge on any atom is -0.346 e. The van der Waals surface area contributed by atoms with E-state index >= 15 is 0 Å². The zero-order valence-electron chi connectivity index (χ0n) is 11.3. The highest BCUT2D eigenvalue weighted by Gasteiger charge is 2.08. The molecule has 1 amide bonds. The smallest absolute Gasteiger partial charge is 0.251 e. The first-order valence-electron chi connectivity index (χ1n) is 6.34. The first-order chi connectivity index (χ1) is 9.63. The Morgan fingerprint density at radius 2 is 2.25 bits per heavy atom. The molecule has 0 atom stereocenters. The quantitative estimate of drug-likeness (QED) is 0.757. The number of H-pyrrole nitrogens is 1. The van der Waals surface area contributed by atoms with E-state index in [-0.39, 0.29) is 5.91 Å². The molecule has 2 heterocycles. The second kappa shape index (κ2) is 4.80. The molecule has 3 rings (SSSR count). The summed E-state index contributed by atoms with van der Waals surface area (Å²) in [6.45, 7) is 2.39. The standard InChI is InChI=1S/C14H15N5O/c1-9-5-12(19(2)18-9)8-15-14(20)10-3-4-13-11(6-10)7-16-17-13/h3-7H,8H2,1-2H3,(H,15,20)(H,16,17). The molecule has 0 radical (unpaired) electrons. The van der Waals surface area contributed by atoms with E-state index in [0.29, 0.717) is 12.1 Å². The van der Waals surface area contributed by atoms with Gasteiger partial charge in [0, 0.05) is 18.0 Å². The highest BCUT2D eigenvalue weighted by molar-refractivity contribution is 5.97. The van der Waals surface area contributed by atoms with Crippen LogP contribution in [0.4, 0.5) is 0 Å². The first-order valence-corrected chi connectivity index (χ1v) is 6.34. The number of hydrogen-bond acceptors (Lipinski definition) is 3. The minimum atomic E-state index is -0.105. The number of fused-ring (bicyclic) bond motifs is 1. The number of aromatic amines is 1. The second-order valence-corrected chi connectivity index (χ2v) is 4.76. The average Bonchev–Trinajstić information content (AvgIpc) is 3.01. The minimum absolute atomic E-state index is 0.105. The highest BCUT2D eigenvalue weighted by atomic mass is 16.1. The number of carbonyl (C=O) groups is 1. The third kappa shape index (κ3) is 2.27. The molecule has 0 aliphatic heterocycles. The van der Waals surface area contributed by atoms with Crippen LogP contribution in [0.15, 0.2) is 30.5 Å². The molecular weight excluding hydrogens is 254 g/mol. The van der Waals surface area contributed by atoms with Crippen molar-refractivity contribution in [3.63, 3.8) is 0 Å². The summed E-state index contributed by atoms with van der Waals surface area (Å²) in [5.74, 6) is -0.105. The van der Waals surface area contributed by atoms with Crippen molar-refractivity contribution in [1.29, 1.82) is 0 Å². The van der Waals surface area contributed by atoms with Crippen molar-refractivity contribution in [3.05, 3.63) is 47.4 Å². The van der Waals surface area contributed by atoms with E-state index in [1.807, 2.05) is 32.2 Å². The lowest BCUT2D eigenvalue weighted by Crippen LogP contribution is -2.23. The van der Waals surface area contributed by atoms with Crippen molar-refractivity contribution in [2.24, 2.45) is 7.05 Å². The fourth-order valence-corrected chi connectivity index (χ4v) is 2.19. The normalized spacial score (nSPS) is 10.9. The molecular formula is C14H15N5O. The van der Waals surface area contributed by atoms with Crippen LogP contribution >= 0.6 is 0 Å². The monoisotopic (exact) mass is 269 g/mol. The van der Waals surface area contributed by atoms with Gasteiger partial charge in [0.05, 0.1) is 29.6 Å². The Bertz CT molecular complexity index is 771. The average molecular weight is 269 g/mol. The number of amides is 1. The molecule has 0 bridgehead atoms. The number of nitrogens with zero attached hydrogens (tertiary/aromatic N) is 3. The van der Waals surface area contributed by atoms with Crippen LogP contribution in [0.1, 0.15) is 21.7 Å². The molecule has 102 valence electrons. The van der Waals surface area contributed by atoms with Gasteiger partial charge < -0.3 is 5.32 Å². The van der Waals surface area contributed by atoms with Crippen LogP contribution < -0.4 is 5.32 Å². The predicted octanol–water partition coefficient (Wildman–Crippen LogP) is 1.53. The van der Waals surface area contributed by atoms with Gasteiger partial charge in [-0.2, -0.15) is 10.2 Å². The van der Waals surface area contributed by atoms with Crippen LogP contribution in [0.25, 0.3) is 10.9 Å². The SMILES string of the molecule is Cc1cc(CNC(=O)c2ccc3[nH]ncc3c2)n(C)n1. The van der Waals surface area contributed by atoms with Gasteiger partial charge in [0.25, 0.3) is 5.91 Å². The summed E-state index contributed by atoms with van der Waals surface area (Å²) in [5.41, 5.74) is 3.46. The Kier molecular flexibility index (Phi) is 2.98. The summed E-state index contributed by atoms with van der Waals surface area (Å²) in [5, 5.41) is 14.9. The van der Waals surface area contributed by atoms with E-state index in [1.165, 1.54) is 0 Å². The van der Waals surface area contributed by atoms with Gasteiger partial charge in [-0.25, -0.2) is 0 Å². The zero-order chi connectivity index (χ0) is 14.1. The molecule has 6 nitrogen and oxygen atoms in total. The van der Waals surface area contributed by atoms with Crippen molar-refractivity contribution < 1.29 is 4.79 Å². The fourth-order valence-electron chi connectivity index (χ4n) is 2.19. The van der Waals surface area contributed by atoms with E-state index in [0.717, 1.165) is 22.3 Å². The zero-order valence-corrected chi connectivity index (χ0v) is 11.3. The molecule has 0 saturated carbocycles. The fraction of sp³-hybridized carbons (Fsp3) is 0.214. The van der Waals surface area contributed by atoms with Crippen LogP contribution in [-0.2, 0) is 13.6 Å². The maximum Gasteiger partial charge on any atom is 0.251 e. The summed E-state index contributed by atoms with van der Waals surface area (Å²) in [4.78, 5) is 12.1. The molecule has 1 aromatic carbocycles. The van der Waals surface area contributed by atoms with Gasteiger partial charge in [-0.3, -0.25) is 14.6 Å². The molecule has 0 spiro atoms. The number of aromatic nitrogens is 4. The lowest BCUT2D eigenvalue weighted by Gasteiger charge is -2.05. The molecule has 0 fully saturated rings. The van der Waals surface area contributed by atoms with Crippen molar-refractivity contribution in [1.82, 2.24) is 25.3 Å². The molecule has 0 saturated heterocycles. The largest absolute Gasteiger partial charge is 0.346 e. The van der Waals surface area contributed by atoms with Crippen molar-refractivity contribution in [2.75, 3.05) is 0 Å². The van der Waals surface area contributed by atoms with Gasteiger partial charge in [-0.1, -0.05) is 0 Å². The number of benzene rings is 1. The number of nitrogens with one attached hydrogen (secondary N) is 2. The maximum absolute atomic E-state index is 12.1. The molecule has 0 unspecified atom stereocenters. The van der Waals surface area contributed by atoms with Crippen LogP contribution in [0.3, 0.4) is 0 Å². The lowest BCUT2D eigenvalue weighted by atomic mass is 10.1. The van der Waals surface area contributed by atoms with Crippen LogP contribution in [0.2, 0.25) is 0 Å².